The summed E-state index contributed by atoms with van der Waals surface area (Å²) >= 11 is 0. The van der Waals surface area contributed by atoms with Gasteiger partial charge in [0.1, 0.15) is 0 Å². The monoisotopic (exact) mass is 253 g/mol. The molecule has 0 saturated heterocycles. The van der Waals surface area contributed by atoms with Crippen molar-refractivity contribution in [2.45, 2.75) is 6.92 Å². The average Bonchev–Trinajstić information content (AvgIpc) is 2.43. The van der Waals surface area contributed by atoms with Crippen LogP contribution in [-0.4, -0.2) is 12.2 Å². The first-order valence-corrected chi connectivity index (χ1v) is 5.96. The van der Waals surface area contributed by atoms with Crippen LogP contribution in [0.5, 0.6) is 0 Å². The van der Waals surface area contributed by atoms with E-state index in [4.69, 9.17) is 0 Å². The maximum atomic E-state index is 11.6. The number of anilines is 1. The normalized spacial score (nSPS) is 10.4. The molecule has 2 amide bonds. The van der Waals surface area contributed by atoms with E-state index in [1.54, 1.807) is 6.21 Å². The molecular weight excluding hydrogens is 238 g/mol. The SMILES string of the molecule is Cc1ccccc1NC(=O)NN=Cc1ccccc1. The Hall–Kier alpha value is -2.62. The Kier molecular flexibility index (Phi) is 4.29. The molecule has 0 unspecified atom stereocenters. The summed E-state index contributed by atoms with van der Waals surface area (Å²) < 4.78 is 0. The van der Waals surface area contributed by atoms with Crippen molar-refractivity contribution in [2.75, 3.05) is 5.32 Å². The summed E-state index contributed by atoms with van der Waals surface area (Å²) in [4.78, 5) is 11.6. The first-order valence-electron chi connectivity index (χ1n) is 5.96. The highest BCUT2D eigenvalue weighted by Crippen LogP contribution is 2.12. The molecule has 0 atom stereocenters. The molecule has 0 bridgehead atoms. The van der Waals surface area contributed by atoms with Crippen LogP contribution in [0, 0.1) is 6.92 Å². The third kappa shape index (κ3) is 3.96. The van der Waals surface area contributed by atoms with E-state index < -0.39 is 0 Å². The minimum atomic E-state index is -0.360. The van der Waals surface area contributed by atoms with Crippen LogP contribution >= 0.6 is 0 Å². The largest absolute Gasteiger partial charge is 0.339 e. The third-order valence-electron chi connectivity index (χ3n) is 2.57. The predicted octanol–water partition coefficient (Wildman–Crippen LogP) is 3.15. The highest BCUT2D eigenvalue weighted by Gasteiger charge is 2.01. The number of carbonyl (C=O) groups is 1. The van der Waals surface area contributed by atoms with E-state index in [1.807, 2.05) is 61.5 Å². The van der Waals surface area contributed by atoms with E-state index in [0.717, 1.165) is 16.8 Å². The van der Waals surface area contributed by atoms with E-state index in [0.29, 0.717) is 0 Å². The lowest BCUT2D eigenvalue weighted by Crippen LogP contribution is -2.24. The summed E-state index contributed by atoms with van der Waals surface area (Å²) in [6, 6.07) is 16.8. The van der Waals surface area contributed by atoms with Crippen molar-refractivity contribution < 1.29 is 4.79 Å². The van der Waals surface area contributed by atoms with Gasteiger partial charge in [-0.2, -0.15) is 5.10 Å². The topological polar surface area (TPSA) is 53.5 Å². The van der Waals surface area contributed by atoms with Gasteiger partial charge in [0, 0.05) is 5.69 Å². The van der Waals surface area contributed by atoms with E-state index in [1.165, 1.54) is 0 Å². The van der Waals surface area contributed by atoms with Gasteiger partial charge in [0.25, 0.3) is 0 Å². The minimum Gasteiger partial charge on any atom is -0.306 e. The second-order valence-electron chi connectivity index (χ2n) is 4.05. The Balaban J connectivity index is 1.89. The van der Waals surface area contributed by atoms with Crippen LogP contribution in [0.1, 0.15) is 11.1 Å². The summed E-state index contributed by atoms with van der Waals surface area (Å²) in [5, 5.41) is 6.61. The molecule has 0 radical (unpaired) electrons. The number of carbonyl (C=O) groups excluding carboxylic acids is 1. The number of aryl methyl sites for hydroxylation is 1. The molecule has 0 aliphatic carbocycles. The molecule has 96 valence electrons. The summed E-state index contributed by atoms with van der Waals surface area (Å²) in [6.45, 7) is 1.93. The fraction of sp³-hybridized carbons (Fsp3) is 0.0667. The predicted molar refractivity (Wildman–Crippen MR) is 77.4 cm³/mol. The summed E-state index contributed by atoms with van der Waals surface area (Å²) in [6.07, 6.45) is 1.59. The van der Waals surface area contributed by atoms with Crippen LogP contribution in [0.2, 0.25) is 0 Å². The number of para-hydroxylation sites is 1. The first kappa shape index (κ1) is 12.8. The molecule has 0 spiro atoms. The maximum Gasteiger partial charge on any atom is 0.339 e. The molecule has 0 fully saturated rings. The van der Waals surface area contributed by atoms with E-state index in [-0.39, 0.29) is 6.03 Å². The van der Waals surface area contributed by atoms with Crippen molar-refractivity contribution in [2.24, 2.45) is 5.10 Å². The lowest BCUT2D eigenvalue weighted by molar-refractivity contribution is 0.252. The van der Waals surface area contributed by atoms with E-state index >= 15 is 0 Å². The van der Waals surface area contributed by atoms with Crippen molar-refractivity contribution in [3.05, 3.63) is 65.7 Å². The van der Waals surface area contributed by atoms with Crippen LogP contribution < -0.4 is 10.7 Å². The van der Waals surface area contributed by atoms with Crippen LogP contribution in [0.25, 0.3) is 0 Å². The van der Waals surface area contributed by atoms with Crippen molar-refractivity contribution in [1.82, 2.24) is 5.43 Å². The lowest BCUT2D eigenvalue weighted by Gasteiger charge is -2.06. The second kappa shape index (κ2) is 6.35. The zero-order valence-electron chi connectivity index (χ0n) is 10.6. The second-order valence-corrected chi connectivity index (χ2v) is 4.05. The highest BCUT2D eigenvalue weighted by atomic mass is 16.2. The number of hydrogen-bond donors (Lipinski definition) is 2. The Bertz CT molecular complexity index is 579. The van der Waals surface area contributed by atoms with Crippen molar-refractivity contribution >= 4 is 17.9 Å². The van der Waals surface area contributed by atoms with Gasteiger partial charge in [0.05, 0.1) is 6.21 Å². The van der Waals surface area contributed by atoms with Gasteiger partial charge in [-0.15, -0.1) is 0 Å². The number of benzene rings is 2. The van der Waals surface area contributed by atoms with Crippen LogP contribution in [-0.2, 0) is 0 Å². The molecule has 0 aliphatic rings. The van der Waals surface area contributed by atoms with Crippen molar-refractivity contribution in [1.29, 1.82) is 0 Å². The molecule has 0 heterocycles. The molecule has 4 nitrogen and oxygen atoms in total. The molecule has 2 aromatic carbocycles. The molecule has 0 aromatic heterocycles. The van der Waals surface area contributed by atoms with Gasteiger partial charge in [0.15, 0.2) is 0 Å². The van der Waals surface area contributed by atoms with Crippen molar-refractivity contribution in [3.63, 3.8) is 0 Å². The van der Waals surface area contributed by atoms with Crippen LogP contribution in [0.4, 0.5) is 10.5 Å². The summed E-state index contributed by atoms with van der Waals surface area (Å²) in [5.74, 6) is 0. The number of urea groups is 1. The number of nitrogens with one attached hydrogen (secondary N) is 2. The number of rotatable bonds is 3. The Morgan fingerprint density at radius 2 is 1.74 bits per heavy atom. The fourth-order valence-electron chi connectivity index (χ4n) is 1.57. The van der Waals surface area contributed by atoms with Gasteiger partial charge in [-0.05, 0) is 24.1 Å². The highest BCUT2D eigenvalue weighted by molar-refractivity contribution is 5.91. The van der Waals surface area contributed by atoms with Gasteiger partial charge in [-0.25, -0.2) is 10.2 Å². The van der Waals surface area contributed by atoms with Gasteiger partial charge in [0.2, 0.25) is 0 Å². The van der Waals surface area contributed by atoms with Crippen LogP contribution in [0.3, 0.4) is 0 Å². The quantitative estimate of drug-likeness (QED) is 0.640. The van der Waals surface area contributed by atoms with E-state index in [9.17, 15) is 4.79 Å². The van der Waals surface area contributed by atoms with E-state index in [2.05, 4.69) is 15.8 Å². The first-order chi connectivity index (χ1) is 9.25. The Morgan fingerprint density at radius 1 is 1.05 bits per heavy atom. The Morgan fingerprint density at radius 3 is 2.47 bits per heavy atom. The number of hydrogen-bond acceptors (Lipinski definition) is 2. The molecule has 4 heteroatoms. The van der Waals surface area contributed by atoms with Gasteiger partial charge >= 0.3 is 6.03 Å². The van der Waals surface area contributed by atoms with Crippen LogP contribution in [0.15, 0.2) is 59.7 Å². The van der Waals surface area contributed by atoms with Crippen molar-refractivity contribution in [3.8, 4) is 0 Å². The van der Waals surface area contributed by atoms with Gasteiger partial charge in [-0.3, -0.25) is 0 Å². The molecule has 0 saturated carbocycles. The number of nitrogens with zero attached hydrogens (tertiary/aromatic N) is 1. The minimum absolute atomic E-state index is 0.360. The zero-order valence-corrected chi connectivity index (χ0v) is 10.6. The van der Waals surface area contributed by atoms with Gasteiger partial charge < -0.3 is 5.32 Å². The third-order valence-corrected chi connectivity index (χ3v) is 2.57. The average molecular weight is 253 g/mol. The molecule has 0 aliphatic heterocycles. The molecule has 2 N–H and O–H groups in total. The molecule has 2 aromatic rings. The van der Waals surface area contributed by atoms with Gasteiger partial charge in [-0.1, -0.05) is 48.5 Å². The number of amides is 2. The lowest BCUT2D eigenvalue weighted by atomic mass is 10.2. The summed E-state index contributed by atoms with van der Waals surface area (Å²) in [7, 11) is 0. The number of hydrazone groups is 1. The maximum absolute atomic E-state index is 11.6. The molecule has 19 heavy (non-hydrogen) atoms. The standard InChI is InChI=1S/C15H15N3O/c1-12-7-5-6-10-14(12)17-15(19)18-16-11-13-8-3-2-4-9-13/h2-11H,1H3,(H2,17,18,19). The molecular formula is C15H15N3O. The summed E-state index contributed by atoms with van der Waals surface area (Å²) in [5.41, 5.74) is 5.13. The molecule has 2 rings (SSSR count). The Labute approximate surface area is 112 Å². The fourth-order valence-corrected chi connectivity index (χ4v) is 1.57. The smallest absolute Gasteiger partial charge is 0.306 e. The zero-order chi connectivity index (χ0) is 13.5.